The van der Waals surface area contributed by atoms with Crippen LogP contribution in [0.25, 0.3) is 5.69 Å². The van der Waals surface area contributed by atoms with Crippen LogP contribution in [-0.2, 0) is 6.42 Å². The van der Waals surface area contributed by atoms with Gasteiger partial charge in [0.1, 0.15) is 0 Å². The molecule has 0 aliphatic heterocycles. The number of aliphatic imine (C=N–C) groups is 1. The molecule has 3 aromatic rings. The van der Waals surface area contributed by atoms with E-state index in [1.807, 2.05) is 23.9 Å². The van der Waals surface area contributed by atoms with Crippen molar-refractivity contribution in [3.05, 3.63) is 78.4 Å². The van der Waals surface area contributed by atoms with Crippen LogP contribution in [0.4, 0.5) is 0 Å². The summed E-state index contributed by atoms with van der Waals surface area (Å²) in [6.07, 6.45) is 7.73. The number of hydrogen-bond acceptors (Lipinski definition) is 4. The van der Waals surface area contributed by atoms with E-state index in [1.165, 1.54) is 5.56 Å². The third-order valence-corrected chi connectivity index (χ3v) is 4.35. The number of nitrogens with zero attached hydrogens (tertiary/aromatic N) is 4. The van der Waals surface area contributed by atoms with Gasteiger partial charge in [-0.25, -0.2) is 4.68 Å². The van der Waals surface area contributed by atoms with Crippen LogP contribution in [0.15, 0.2) is 72.2 Å². The molecule has 1 amide bonds. The van der Waals surface area contributed by atoms with Gasteiger partial charge in [0, 0.05) is 51.0 Å². The minimum atomic E-state index is -0.134. The molecular weight excluding hydrogens is 378 g/mol. The molecule has 8 nitrogen and oxygen atoms in total. The molecule has 0 unspecified atom stereocenters. The third-order valence-electron chi connectivity index (χ3n) is 4.35. The molecule has 0 radical (unpaired) electrons. The maximum absolute atomic E-state index is 12.0. The summed E-state index contributed by atoms with van der Waals surface area (Å²) in [6.45, 7) is 4.53. The van der Waals surface area contributed by atoms with Crippen LogP contribution >= 0.6 is 0 Å². The fourth-order valence-electron chi connectivity index (χ4n) is 2.83. The predicted molar refractivity (Wildman–Crippen MR) is 118 cm³/mol. The second-order valence-electron chi connectivity index (χ2n) is 6.55. The van der Waals surface area contributed by atoms with E-state index in [0.717, 1.165) is 24.6 Å². The fraction of sp³-hybridized carbons (Fsp3) is 0.273. The lowest BCUT2D eigenvalue weighted by atomic mass is 10.1. The van der Waals surface area contributed by atoms with Crippen molar-refractivity contribution in [1.82, 2.24) is 30.7 Å². The largest absolute Gasteiger partial charge is 0.357 e. The van der Waals surface area contributed by atoms with E-state index in [4.69, 9.17) is 0 Å². The van der Waals surface area contributed by atoms with Crippen LogP contribution in [0.5, 0.6) is 0 Å². The number of rotatable bonds is 9. The predicted octanol–water partition coefficient (Wildman–Crippen LogP) is 1.79. The highest BCUT2D eigenvalue weighted by Crippen LogP contribution is 2.09. The summed E-state index contributed by atoms with van der Waals surface area (Å²) in [4.78, 5) is 20.6. The lowest BCUT2D eigenvalue weighted by molar-refractivity contribution is 0.0954. The summed E-state index contributed by atoms with van der Waals surface area (Å²) in [5, 5.41) is 13.6. The van der Waals surface area contributed by atoms with E-state index in [1.54, 1.807) is 30.7 Å². The Hall–Kier alpha value is -3.68. The van der Waals surface area contributed by atoms with Crippen molar-refractivity contribution in [1.29, 1.82) is 0 Å². The van der Waals surface area contributed by atoms with E-state index in [9.17, 15) is 4.79 Å². The molecule has 0 fully saturated rings. The van der Waals surface area contributed by atoms with Crippen molar-refractivity contribution in [2.45, 2.75) is 13.3 Å². The van der Waals surface area contributed by atoms with Crippen LogP contribution < -0.4 is 16.0 Å². The number of carbonyl (C=O) groups is 1. The van der Waals surface area contributed by atoms with Crippen molar-refractivity contribution in [3.8, 4) is 5.69 Å². The zero-order valence-corrected chi connectivity index (χ0v) is 17.1. The molecule has 3 N–H and O–H groups in total. The number of amides is 1. The maximum Gasteiger partial charge on any atom is 0.252 e. The minimum absolute atomic E-state index is 0.134. The molecule has 0 spiro atoms. The molecule has 0 aliphatic carbocycles. The lowest BCUT2D eigenvalue weighted by Gasteiger charge is -2.12. The van der Waals surface area contributed by atoms with Crippen LogP contribution in [-0.4, -0.2) is 52.8 Å². The maximum atomic E-state index is 12.0. The topological polar surface area (TPSA) is 96.2 Å². The molecular formula is C22H27N7O. The number of hydrogen-bond donors (Lipinski definition) is 3. The summed E-state index contributed by atoms with van der Waals surface area (Å²) in [6, 6.07) is 13.7. The van der Waals surface area contributed by atoms with Crippen LogP contribution in [0.3, 0.4) is 0 Å². The first-order valence-corrected chi connectivity index (χ1v) is 10.1. The number of carbonyl (C=O) groups excluding carboxylic acids is 1. The average Bonchev–Trinajstić information content (AvgIpc) is 3.32. The summed E-state index contributed by atoms with van der Waals surface area (Å²) in [7, 11) is 0. The SMILES string of the molecule is CCNC(=NCCc1ccc(-n2cccn2)cc1)NCCNC(=O)c1cccnc1. The standard InChI is InChI=1S/C22H27N7O/c1-2-24-22(27-15-14-25-21(30)19-5-3-11-23-17-19)26-13-10-18-6-8-20(9-7-18)29-16-4-12-28-29/h3-9,11-12,16-17H,2,10,13-15H2,1H3,(H,25,30)(H2,24,26,27). The number of nitrogens with one attached hydrogen (secondary N) is 3. The van der Waals surface area contributed by atoms with Gasteiger partial charge in [-0.3, -0.25) is 14.8 Å². The Morgan fingerprint density at radius 1 is 1.03 bits per heavy atom. The summed E-state index contributed by atoms with van der Waals surface area (Å²) >= 11 is 0. The number of pyridine rings is 1. The van der Waals surface area contributed by atoms with Gasteiger partial charge in [-0.05, 0) is 49.2 Å². The lowest BCUT2D eigenvalue weighted by Crippen LogP contribution is -2.41. The second kappa shape index (κ2) is 11.4. The monoisotopic (exact) mass is 405 g/mol. The second-order valence-corrected chi connectivity index (χ2v) is 6.55. The Kier molecular flexibility index (Phi) is 7.96. The zero-order chi connectivity index (χ0) is 21.0. The molecule has 3 rings (SSSR count). The van der Waals surface area contributed by atoms with E-state index in [-0.39, 0.29) is 5.91 Å². The van der Waals surface area contributed by atoms with E-state index < -0.39 is 0 Å². The van der Waals surface area contributed by atoms with Crippen LogP contribution in [0, 0.1) is 0 Å². The summed E-state index contributed by atoms with van der Waals surface area (Å²) in [5.41, 5.74) is 2.81. The molecule has 0 saturated heterocycles. The van der Waals surface area contributed by atoms with Crippen molar-refractivity contribution >= 4 is 11.9 Å². The zero-order valence-electron chi connectivity index (χ0n) is 17.1. The summed E-state index contributed by atoms with van der Waals surface area (Å²) < 4.78 is 1.84. The first-order chi connectivity index (χ1) is 14.8. The van der Waals surface area contributed by atoms with Gasteiger partial charge in [0.2, 0.25) is 0 Å². The molecule has 0 atom stereocenters. The van der Waals surface area contributed by atoms with Crippen molar-refractivity contribution < 1.29 is 4.79 Å². The van der Waals surface area contributed by atoms with Crippen LogP contribution in [0.1, 0.15) is 22.8 Å². The molecule has 2 heterocycles. The first-order valence-electron chi connectivity index (χ1n) is 10.1. The Balaban J connectivity index is 1.42. The number of aromatic nitrogens is 3. The van der Waals surface area contributed by atoms with Crippen LogP contribution in [0.2, 0.25) is 0 Å². The van der Waals surface area contributed by atoms with E-state index >= 15 is 0 Å². The highest BCUT2D eigenvalue weighted by atomic mass is 16.1. The van der Waals surface area contributed by atoms with Gasteiger partial charge in [0.05, 0.1) is 11.3 Å². The van der Waals surface area contributed by atoms with Crippen molar-refractivity contribution in [2.24, 2.45) is 4.99 Å². The van der Waals surface area contributed by atoms with Crippen molar-refractivity contribution in [2.75, 3.05) is 26.2 Å². The molecule has 0 saturated carbocycles. The van der Waals surface area contributed by atoms with Gasteiger partial charge < -0.3 is 16.0 Å². The molecule has 1 aromatic carbocycles. The Morgan fingerprint density at radius 2 is 1.87 bits per heavy atom. The molecule has 156 valence electrons. The average molecular weight is 406 g/mol. The van der Waals surface area contributed by atoms with Gasteiger partial charge >= 0.3 is 0 Å². The molecule has 0 bridgehead atoms. The number of benzene rings is 1. The summed E-state index contributed by atoms with van der Waals surface area (Å²) in [5.74, 6) is 0.603. The Morgan fingerprint density at radius 3 is 2.57 bits per heavy atom. The van der Waals surface area contributed by atoms with Crippen molar-refractivity contribution in [3.63, 3.8) is 0 Å². The normalized spacial score (nSPS) is 11.2. The van der Waals surface area contributed by atoms with Gasteiger partial charge in [-0.2, -0.15) is 5.10 Å². The Labute approximate surface area is 176 Å². The molecule has 8 heteroatoms. The quantitative estimate of drug-likeness (QED) is 0.287. The molecule has 2 aromatic heterocycles. The molecule has 0 aliphatic rings. The minimum Gasteiger partial charge on any atom is -0.357 e. The third kappa shape index (κ3) is 6.44. The van der Waals surface area contributed by atoms with Gasteiger partial charge in [-0.15, -0.1) is 0 Å². The number of guanidine groups is 1. The highest BCUT2D eigenvalue weighted by molar-refractivity contribution is 5.93. The smallest absolute Gasteiger partial charge is 0.252 e. The fourth-order valence-corrected chi connectivity index (χ4v) is 2.83. The van der Waals surface area contributed by atoms with Gasteiger partial charge in [-0.1, -0.05) is 12.1 Å². The van der Waals surface area contributed by atoms with Gasteiger partial charge in [0.15, 0.2) is 5.96 Å². The highest BCUT2D eigenvalue weighted by Gasteiger charge is 2.04. The van der Waals surface area contributed by atoms with E-state index in [2.05, 4.69) is 55.3 Å². The first kappa shape index (κ1) is 21.0. The van der Waals surface area contributed by atoms with Gasteiger partial charge in [0.25, 0.3) is 5.91 Å². The molecule has 30 heavy (non-hydrogen) atoms. The van der Waals surface area contributed by atoms with E-state index in [0.29, 0.717) is 25.2 Å². The Bertz CT molecular complexity index is 922.